The van der Waals surface area contributed by atoms with Crippen molar-refractivity contribution in [2.75, 3.05) is 13.1 Å². The van der Waals surface area contributed by atoms with Crippen molar-refractivity contribution in [3.8, 4) is 0 Å². The molecule has 2 heteroatoms. The Balaban J connectivity index is 2.95. The largest absolute Gasteiger partial charge is 0.313 e. The average molecular weight is 162 g/mol. The monoisotopic (exact) mass is 161 g/mol. The van der Waals surface area contributed by atoms with Gasteiger partial charge in [-0.25, -0.2) is 0 Å². The standard InChI is InChI=1S/C8H16ClN/c1-3-6-10-7-5-8(9)4-2/h3,8,10H,1,4-7H2,2H3. The molecule has 0 aliphatic carbocycles. The van der Waals surface area contributed by atoms with Crippen LogP contribution in [0.1, 0.15) is 19.8 Å². The van der Waals surface area contributed by atoms with Crippen molar-refractivity contribution in [2.45, 2.75) is 25.1 Å². The second-order valence-corrected chi connectivity index (χ2v) is 2.90. The number of rotatable bonds is 6. The zero-order valence-electron chi connectivity index (χ0n) is 6.57. The summed E-state index contributed by atoms with van der Waals surface area (Å²) in [5.41, 5.74) is 0. The normalized spacial score (nSPS) is 13.0. The van der Waals surface area contributed by atoms with Crippen molar-refractivity contribution in [3.63, 3.8) is 0 Å². The summed E-state index contributed by atoms with van der Waals surface area (Å²) in [6, 6.07) is 0. The lowest BCUT2D eigenvalue weighted by atomic mass is 10.2. The summed E-state index contributed by atoms with van der Waals surface area (Å²) in [7, 11) is 0. The van der Waals surface area contributed by atoms with Crippen LogP contribution in [0.25, 0.3) is 0 Å². The van der Waals surface area contributed by atoms with E-state index in [4.69, 9.17) is 11.6 Å². The minimum atomic E-state index is 0.331. The molecule has 0 fully saturated rings. The maximum atomic E-state index is 5.88. The Morgan fingerprint density at radius 1 is 1.70 bits per heavy atom. The van der Waals surface area contributed by atoms with E-state index >= 15 is 0 Å². The molecule has 0 aliphatic heterocycles. The number of hydrogen-bond acceptors (Lipinski definition) is 1. The van der Waals surface area contributed by atoms with Gasteiger partial charge < -0.3 is 5.32 Å². The molecule has 0 aromatic rings. The SMILES string of the molecule is C=CCNCCC(Cl)CC. The van der Waals surface area contributed by atoms with Crippen LogP contribution in [-0.4, -0.2) is 18.5 Å². The third kappa shape index (κ3) is 6.12. The molecule has 0 bridgehead atoms. The Bertz CT molecular complexity index is 83.3. The van der Waals surface area contributed by atoms with Crippen LogP contribution in [0.5, 0.6) is 0 Å². The number of alkyl halides is 1. The van der Waals surface area contributed by atoms with Crippen molar-refractivity contribution in [1.29, 1.82) is 0 Å². The topological polar surface area (TPSA) is 12.0 Å². The van der Waals surface area contributed by atoms with Crippen molar-refractivity contribution < 1.29 is 0 Å². The highest BCUT2D eigenvalue weighted by Crippen LogP contribution is 2.04. The summed E-state index contributed by atoms with van der Waals surface area (Å²) >= 11 is 5.88. The van der Waals surface area contributed by atoms with Crippen LogP contribution < -0.4 is 5.32 Å². The minimum Gasteiger partial charge on any atom is -0.313 e. The zero-order valence-corrected chi connectivity index (χ0v) is 7.32. The summed E-state index contributed by atoms with van der Waals surface area (Å²) in [6.45, 7) is 7.58. The van der Waals surface area contributed by atoms with E-state index in [1.54, 1.807) is 0 Å². The van der Waals surface area contributed by atoms with Crippen molar-refractivity contribution >= 4 is 11.6 Å². The van der Waals surface area contributed by atoms with Crippen LogP contribution >= 0.6 is 11.6 Å². The lowest BCUT2D eigenvalue weighted by Crippen LogP contribution is -2.17. The van der Waals surface area contributed by atoms with Gasteiger partial charge in [-0.15, -0.1) is 18.2 Å². The molecule has 1 unspecified atom stereocenters. The van der Waals surface area contributed by atoms with Crippen LogP contribution in [0.4, 0.5) is 0 Å². The van der Waals surface area contributed by atoms with Crippen LogP contribution in [0, 0.1) is 0 Å². The van der Waals surface area contributed by atoms with E-state index in [-0.39, 0.29) is 0 Å². The molecule has 0 aromatic heterocycles. The minimum absolute atomic E-state index is 0.331. The van der Waals surface area contributed by atoms with E-state index < -0.39 is 0 Å². The smallest absolute Gasteiger partial charge is 0.0345 e. The van der Waals surface area contributed by atoms with E-state index in [0.717, 1.165) is 25.9 Å². The van der Waals surface area contributed by atoms with Crippen LogP contribution in [0.15, 0.2) is 12.7 Å². The third-order valence-electron chi connectivity index (χ3n) is 1.37. The Labute approximate surface area is 68.5 Å². The molecule has 0 amide bonds. The molecule has 0 rings (SSSR count). The zero-order chi connectivity index (χ0) is 7.82. The molecule has 1 atom stereocenters. The van der Waals surface area contributed by atoms with Crippen LogP contribution in [0.2, 0.25) is 0 Å². The first-order valence-electron chi connectivity index (χ1n) is 3.77. The van der Waals surface area contributed by atoms with Crippen molar-refractivity contribution in [1.82, 2.24) is 5.32 Å². The maximum absolute atomic E-state index is 5.88. The van der Waals surface area contributed by atoms with Gasteiger partial charge in [0.1, 0.15) is 0 Å². The van der Waals surface area contributed by atoms with Gasteiger partial charge in [0, 0.05) is 11.9 Å². The fraction of sp³-hybridized carbons (Fsp3) is 0.750. The van der Waals surface area contributed by atoms with Gasteiger partial charge in [-0.05, 0) is 19.4 Å². The van der Waals surface area contributed by atoms with Gasteiger partial charge in [-0.2, -0.15) is 0 Å². The van der Waals surface area contributed by atoms with Crippen LogP contribution in [-0.2, 0) is 0 Å². The summed E-state index contributed by atoms with van der Waals surface area (Å²) in [5, 5.41) is 3.53. The molecule has 0 aromatic carbocycles. The molecule has 1 nitrogen and oxygen atoms in total. The van der Waals surface area contributed by atoms with E-state index in [1.165, 1.54) is 0 Å². The Kier molecular flexibility index (Phi) is 7.09. The fourth-order valence-corrected chi connectivity index (χ4v) is 0.776. The molecular weight excluding hydrogens is 146 g/mol. The summed E-state index contributed by atoms with van der Waals surface area (Å²) < 4.78 is 0. The quantitative estimate of drug-likeness (QED) is 0.358. The number of hydrogen-bond donors (Lipinski definition) is 1. The highest BCUT2D eigenvalue weighted by atomic mass is 35.5. The number of halogens is 1. The molecule has 0 spiro atoms. The predicted molar refractivity (Wildman–Crippen MR) is 47.6 cm³/mol. The van der Waals surface area contributed by atoms with Gasteiger partial charge in [0.05, 0.1) is 0 Å². The van der Waals surface area contributed by atoms with Gasteiger partial charge in [0.15, 0.2) is 0 Å². The lowest BCUT2D eigenvalue weighted by molar-refractivity contribution is 0.653. The average Bonchev–Trinajstić information content (AvgIpc) is 1.98. The second kappa shape index (κ2) is 7.10. The molecule has 0 radical (unpaired) electrons. The van der Waals surface area contributed by atoms with Gasteiger partial charge in [-0.1, -0.05) is 13.0 Å². The third-order valence-corrected chi connectivity index (χ3v) is 1.89. The van der Waals surface area contributed by atoms with Crippen molar-refractivity contribution in [3.05, 3.63) is 12.7 Å². The number of nitrogens with one attached hydrogen (secondary N) is 1. The maximum Gasteiger partial charge on any atom is 0.0345 e. The molecular formula is C8H16ClN. The van der Waals surface area contributed by atoms with Gasteiger partial charge >= 0.3 is 0 Å². The highest BCUT2D eigenvalue weighted by molar-refractivity contribution is 6.20. The summed E-state index contributed by atoms with van der Waals surface area (Å²) in [6.07, 6.45) is 3.96. The predicted octanol–water partition coefficient (Wildman–Crippen LogP) is 2.17. The summed E-state index contributed by atoms with van der Waals surface area (Å²) in [5.74, 6) is 0. The van der Waals surface area contributed by atoms with Crippen molar-refractivity contribution in [2.24, 2.45) is 0 Å². The summed E-state index contributed by atoms with van der Waals surface area (Å²) in [4.78, 5) is 0. The van der Waals surface area contributed by atoms with E-state index in [1.807, 2.05) is 6.08 Å². The lowest BCUT2D eigenvalue weighted by Gasteiger charge is -2.05. The molecule has 60 valence electrons. The molecule has 0 saturated heterocycles. The second-order valence-electron chi connectivity index (χ2n) is 2.29. The molecule has 10 heavy (non-hydrogen) atoms. The van der Waals surface area contributed by atoms with Gasteiger partial charge in [0.25, 0.3) is 0 Å². The first kappa shape index (κ1) is 9.99. The molecule has 0 heterocycles. The molecule has 0 aliphatic rings. The Morgan fingerprint density at radius 3 is 2.90 bits per heavy atom. The van der Waals surface area contributed by atoms with Crippen LogP contribution in [0.3, 0.4) is 0 Å². The van der Waals surface area contributed by atoms with Gasteiger partial charge in [0.2, 0.25) is 0 Å². The molecule has 1 N–H and O–H groups in total. The first-order valence-corrected chi connectivity index (χ1v) is 4.20. The highest BCUT2D eigenvalue weighted by Gasteiger charge is 1.98. The molecule has 0 saturated carbocycles. The van der Waals surface area contributed by atoms with E-state index in [2.05, 4.69) is 18.8 Å². The fourth-order valence-electron chi connectivity index (χ4n) is 0.667. The Morgan fingerprint density at radius 2 is 2.40 bits per heavy atom. The Hall–Kier alpha value is -0.0100. The first-order chi connectivity index (χ1) is 4.81. The van der Waals surface area contributed by atoms with E-state index in [9.17, 15) is 0 Å². The van der Waals surface area contributed by atoms with Gasteiger partial charge in [-0.3, -0.25) is 0 Å². The van der Waals surface area contributed by atoms with E-state index in [0.29, 0.717) is 5.38 Å².